The molecule has 3 aromatic rings. The van der Waals surface area contributed by atoms with E-state index in [-0.39, 0.29) is 23.5 Å². The lowest BCUT2D eigenvalue weighted by Crippen LogP contribution is -2.45. The zero-order valence-corrected chi connectivity index (χ0v) is 16.4. The summed E-state index contributed by atoms with van der Waals surface area (Å²) in [6, 6.07) is 19.6. The molecule has 0 bridgehead atoms. The third kappa shape index (κ3) is 5.39. The highest BCUT2D eigenvalue weighted by Gasteiger charge is 2.21. The number of hydrogen-bond acceptors (Lipinski definition) is 5. The topological polar surface area (TPSA) is 132 Å². The van der Waals surface area contributed by atoms with Crippen molar-refractivity contribution in [3.63, 3.8) is 0 Å². The smallest absolute Gasteiger partial charge is 0.270 e. The highest BCUT2D eigenvalue weighted by Crippen LogP contribution is 2.15. The predicted molar refractivity (Wildman–Crippen MR) is 114 cm³/mol. The third-order valence-electron chi connectivity index (χ3n) is 4.66. The van der Waals surface area contributed by atoms with Crippen LogP contribution in [0.4, 0.5) is 5.69 Å². The van der Waals surface area contributed by atoms with Crippen molar-refractivity contribution in [2.45, 2.75) is 12.5 Å². The average molecular weight is 417 g/mol. The first-order valence-corrected chi connectivity index (χ1v) is 9.38. The van der Waals surface area contributed by atoms with Gasteiger partial charge < -0.3 is 11.1 Å². The molecule has 0 fully saturated rings. The van der Waals surface area contributed by atoms with E-state index in [0.717, 1.165) is 6.07 Å². The number of carbonyl (C=O) groups is 3. The van der Waals surface area contributed by atoms with E-state index >= 15 is 0 Å². The Morgan fingerprint density at radius 3 is 2.10 bits per heavy atom. The molecule has 8 heteroatoms. The minimum atomic E-state index is -1.03. The fourth-order valence-electron chi connectivity index (χ4n) is 3.01. The Bertz CT molecular complexity index is 1130. The number of nitro benzene ring substituents is 1. The number of nitrogens with two attached hydrogens (primary N) is 1. The van der Waals surface area contributed by atoms with Crippen molar-refractivity contribution in [2.24, 2.45) is 5.73 Å². The molecule has 0 aliphatic carbocycles. The average Bonchev–Trinajstić information content (AvgIpc) is 2.79. The second-order valence-corrected chi connectivity index (χ2v) is 6.83. The first kappa shape index (κ1) is 21.4. The van der Waals surface area contributed by atoms with E-state index in [1.165, 1.54) is 18.2 Å². The van der Waals surface area contributed by atoms with E-state index < -0.39 is 22.8 Å². The van der Waals surface area contributed by atoms with E-state index in [0.29, 0.717) is 16.7 Å². The number of nitro groups is 1. The molecule has 0 radical (unpaired) electrons. The van der Waals surface area contributed by atoms with Gasteiger partial charge in [-0.05, 0) is 11.6 Å². The molecule has 0 heterocycles. The molecule has 0 unspecified atom stereocenters. The van der Waals surface area contributed by atoms with Crippen LogP contribution in [-0.4, -0.2) is 28.6 Å². The third-order valence-corrected chi connectivity index (χ3v) is 4.66. The van der Waals surface area contributed by atoms with Crippen LogP contribution in [0.5, 0.6) is 0 Å². The van der Waals surface area contributed by atoms with E-state index in [1.54, 1.807) is 48.5 Å². The van der Waals surface area contributed by atoms with Gasteiger partial charge in [-0.15, -0.1) is 0 Å². The van der Waals surface area contributed by atoms with Crippen LogP contribution in [0, 0.1) is 10.1 Å². The summed E-state index contributed by atoms with van der Waals surface area (Å²) in [6.07, 6.45) is 0.107. The molecular weight excluding hydrogens is 398 g/mol. The lowest BCUT2D eigenvalue weighted by atomic mass is 9.99. The molecule has 0 spiro atoms. The van der Waals surface area contributed by atoms with Crippen molar-refractivity contribution < 1.29 is 19.3 Å². The summed E-state index contributed by atoms with van der Waals surface area (Å²) < 4.78 is 0. The van der Waals surface area contributed by atoms with E-state index in [9.17, 15) is 24.5 Å². The zero-order chi connectivity index (χ0) is 22.4. The van der Waals surface area contributed by atoms with E-state index in [4.69, 9.17) is 5.73 Å². The molecule has 0 aliphatic heterocycles. The molecule has 0 saturated carbocycles. The first-order chi connectivity index (χ1) is 14.8. The minimum absolute atomic E-state index is 0.0456. The van der Waals surface area contributed by atoms with Gasteiger partial charge in [-0.1, -0.05) is 60.7 Å². The number of nitrogens with zero attached hydrogens (tertiary/aromatic N) is 1. The van der Waals surface area contributed by atoms with Gasteiger partial charge in [0.15, 0.2) is 5.78 Å². The van der Waals surface area contributed by atoms with Crippen molar-refractivity contribution in [3.05, 3.63) is 111 Å². The van der Waals surface area contributed by atoms with Crippen LogP contribution < -0.4 is 11.1 Å². The maximum Gasteiger partial charge on any atom is 0.270 e. The second-order valence-electron chi connectivity index (χ2n) is 6.83. The Balaban J connectivity index is 1.71. The van der Waals surface area contributed by atoms with Crippen molar-refractivity contribution in [1.29, 1.82) is 0 Å². The molecule has 31 heavy (non-hydrogen) atoms. The Morgan fingerprint density at radius 2 is 1.48 bits per heavy atom. The van der Waals surface area contributed by atoms with Crippen molar-refractivity contribution in [3.8, 4) is 0 Å². The highest BCUT2D eigenvalue weighted by molar-refractivity contribution is 6.09. The molecule has 3 aromatic carbocycles. The minimum Gasteiger partial charge on any atom is -0.368 e. The fraction of sp³-hybridized carbons (Fsp3) is 0.0870. The molecule has 0 aromatic heterocycles. The van der Waals surface area contributed by atoms with Crippen LogP contribution in [0.3, 0.4) is 0 Å². The summed E-state index contributed by atoms with van der Waals surface area (Å²) in [5.74, 6) is -1.52. The Labute approximate surface area is 177 Å². The van der Waals surface area contributed by atoms with Crippen molar-refractivity contribution in [2.75, 3.05) is 0 Å². The predicted octanol–water partition coefficient (Wildman–Crippen LogP) is 2.65. The fourth-order valence-corrected chi connectivity index (χ4v) is 3.01. The van der Waals surface area contributed by atoms with Gasteiger partial charge in [-0.3, -0.25) is 24.5 Å². The summed E-state index contributed by atoms with van der Waals surface area (Å²) in [6.45, 7) is 0. The number of benzene rings is 3. The van der Waals surface area contributed by atoms with Crippen LogP contribution in [0.1, 0.15) is 31.8 Å². The Kier molecular flexibility index (Phi) is 6.51. The first-order valence-electron chi connectivity index (χ1n) is 9.38. The number of primary amides is 1. The molecule has 3 N–H and O–H groups in total. The molecule has 1 atom stereocenters. The Morgan fingerprint density at radius 1 is 0.871 bits per heavy atom. The second kappa shape index (κ2) is 9.45. The summed E-state index contributed by atoms with van der Waals surface area (Å²) in [4.78, 5) is 47.1. The van der Waals surface area contributed by atoms with E-state index in [2.05, 4.69) is 5.32 Å². The number of rotatable bonds is 8. The highest BCUT2D eigenvalue weighted by atomic mass is 16.6. The van der Waals surface area contributed by atoms with E-state index in [1.807, 2.05) is 6.07 Å². The molecule has 156 valence electrons. The van der Waals surface area contributed by atoms with Crippen LogP contribution in [0.2, 0.25) is 0 Å². The van der Waals surface area contributed by atoms with Crippen LogP contribution in [0.15, 0.2) is 78.9 Å². The molecule has 0 saturated heterocycles. The SMILES string of the molecule is NC(=O)[C@H](Cc1ccc(C(=O)c2ccccc2)cc1)NC(=O)c1cccc([N+](=O)[O-])c1. The van der Waals surface area contributed by atoms with Gasteiger partial charge >= 0.3 is 0 Å². The number of amides is 2. The van der Waals surface area contributed by atoms with Gasteiger partial charge in [-0.25, -0.2) is 0 Å². The van der Waals surface area contributed by atoms with Gasteiger partial charge in [0.2, 0.25) is 5.91 Å². The number of non-ortho nitro benzene ring substituents is 1. The molecule has 0 aliphatic rings. The maximum atomic E-state index is 12.5. The number of ketones is 1. The molecular formula is C23H19N3O5. The summed E-state index contributed by atoms with van der Waals surface area (Å²) in [5, 5.41) is 13.4. The van der Waals surface area contributed by atoms with Crippen molar-refractivity contribution in [1.82, 2.24) is 5.32 Å². The number of nitrogens with one attached hydrogen (secondary N) is 1. The lowest BCUT2D eigenvalue weighted by Gasteiger charge is -2.16. The van der Waals surface area contributed by atoms with Gasteiger partial charge in [0.05, 0.1) is 4.92 Å². The van der Waals surface area contributed by atoms with Gasteiger partial charge in [-0.2, -0.15) is 0 Å². The summed E-state index contributed by atoms with van der Waals surface area (Å²) in [7, 11) is 0. The summed E-state index contributed by atoms with van der Waals surface area (Å²) >= 11 is 0. The molecule has 3 rings (SSSR count). The molecule has 2 amide bonds. The standard InChI is InChI=1S/C23H19N3O5/c24-22(28)20(25-23(29)18-7-4-8-19(14-18)26(30)31)13-15-9-11-17(12-10-15)21(27)16-5-2-1-3-6-16/h1-12,14,20H,13H2,(H2,24,28)(H,25,29)/t20-/m0/s1. The van der Waals surface area contributed by atoms with Crippen LogP contribution in [0.25, 0.3) is 0 Å². The van der Waals surface area contributed by atoms with Crippen LogP contribution in [-0.2, 0) is 11.2 Å². The number of hydrogen-bond donors (Lipinski definition) is 2. The zero-order valence-electron chi connectivity index (χ0n) is 16.4. The maximum absolute atomic E-state index is 12.5. The lowest BCUT2D eigenvalue weighted by molar-refractivity contribution is -0.384. The Hall–Kier alpha value is -4.33. The summed E-state index contributed by atoms with van der Waals surface area (Å²) in [5.41, 5.74) is 6.98. The molecule has 8 nitrogen and oxygen atoms in total. The monoisotopic (exact) mass is 417 g/mol. The van der Waals surface area contributed by atoms with Crippen molar-refractivity contribution >= 4 is 23.3 Å². The quantitative estimate of drug-likeness (QED) is 0.330. The van der Waals surface area contributed by atoms with Gasteiger partial charge in [0.1, 0.15) is 6.04 Å². The normalized spacial score (nSPS) is 11.4. The van der Waals surface area contributed by atoms with Gasteiger partial charge in [0.25, 0.3) is 11.6 Å². The largest absolute Gasteiger partial charge is 0.368 e. The van der Waals surface area contributed by atoms with Gasteiger partial charge in [0, 0.05) is 35.2 Å². The van der Waals surface area contributed by atoms with Crippen LogP contribution >= 0.6 is 0 Å². The number of carbonyl (C=O) groups excluding carboxylic acids is 3.